The van der Waals surface area contributed by atoms with Crippen LogP contribution in [0.15, 0.2) is 0 Å². The summed E-state index contributed by atoms with van der Waals surface area (Å²) in [6, 6.07) is 0. The molecule has 0 aliphatic heterocycles. The number of fused-ring (bicyclic) bond motifs is 5. The molecule has 0 bridgehead atoms. The molecule has 4 fully saturated rings. The number of aliphatic hydroxyl groups is 2. The Kier molecular flexibility index (Phi) is 4.08. The lowest BCUT2D eigenvalue weighted by molar-refractivity contribution is -0.122. The normalized spacial score (nSPS) is 54.0. The van der Waals surface area contributed by atoms with Crippen molar-refractivity contribution in [1.82, 2.24) is 0 Å². The van der Waals surface area contributed by atoms with Gasteiger partial charge in [0.2, 0.25) is 0 Å². The second-order valence-corrected chi connectivity index (χ2v) is 9.88. The van der Waals surface area contributed by atoms with Gasteiger partial charge in [0, 0.05) is 0 Å². The molecule has 0 aromatic carbocycles. The van der Waals surface area contributed by atoms with Crippen molar-refractivity contribution in [3.05, 3.63) is 0 Å². The van der Waals surface area contributed by atoms with E-state index in [0.29, 0.717) is 11.3 Å². The van der Waals surface area contributed by atoms with Gasteiger partial charge in [-0.1, -0.05) is 26.7 Å². The van der Waals surface area contributed by atoms with E-state index in [1.54, 1.807) is 0 Å². The van der Waals surface area contributed by atoms with E-state index in [9.17, 15) is 10.2 Å². The van der Waals surface area contributed by atoms with Gasteiger partial charge in [-0.15, -0.1) is 0 Å². The standard InChI is InChI=1S/C21H36O2/c1-20-11-4-3-5-14(20)6-7-15-16-8-9-18(19(23)13-22)21(16,2)12-10-17(15)20/h14-19,22-23H,3-13H2,1-2H3/t14-,15-,16+,17-,18+,19+,20+,21+/m1/s1. The lowest BCUT2D eigenvalue weighted by Crippen LogP contribution is -2.53. The highest BCUT2D eigenvalue weighted by Gasteiger charge is 2.60. The number of hydrogen-bond donors (Lipinski definition) is 2. The lowest BCUT2D eigenvalue weighted by atomic mass is 9.45. The van der Waals surface area contributed by atoms with Gasteiger partial charge in [-0.3, -0.25) is 0 Å². The van der Waals surface area contributed by atoms with Crippen LogP contribution in [0.5, 0.6) is 0 Å². The summed E-state index contributed by atoms with van der Waals surface area (Å²) < 4.78 is 0. The summed E-state index contributed by atoms with van der Waals surface area (Å²) >= 11 is 0. The van der Waals surface area contributed by atoms with Crippen molar-refractivity contribution >= 4 is 0 Å². The second kappa shape index (κ2) is 5.73. The summed E-state index contributed by atoms with van der Waals surface area (Å²) in [5.74, 6) is 3.94. The highest BCUT2D eigenvalue weighted by atomic mass is 16.3. The first kappa shape index (κ1) is 16.4. The topological polar surface area (TPSA) is 40.5 Å². The van der Waals surface area contributed by atoms with Gasteiger partial charge in [0.15, 0.2) is 0 Å². The minimum absolute atomic E-state index is 0.0547. The van der Waals surface area contributed by atoms with Gasteiger partial charge in [0.05, 0.1) is 12.7 Å². The van der Waals surface area contributed by atoms with Crippen LogP contribution in [-0.4, -0.2) is 22.9 Å². The molecule has 0 amide bonds. The molecule has 2 nitrogen and oxygen atoms in total. The minimum atomic E-state index is -0.497. The summed E-state index contributed by atoms with van der Waals surface area (Å²) in [4.78, 5) is 0. The van der Waals surface area contributed by atoms with E-state index in [1.165, 1.54) is 57.8 Å². The number of aliphatic hydroxyl groups excluding tert-OH is 2. The largest absolute Gasteiger partial charge is 0.394 e. The van der Waals surface area contributed by atoms with Crippen LogP contribution in [0.4, 0.5) is 0 Å². The number of rotatable bonds is 2. The van der Waals surface area contributed by atoms with Crippen LogP contribution in [0.1, 0.15) is 78.1 Å². The molecule has 0 saturated heterocycles. The first-order chi connectivity index (χ1) is 11.0. The summed E-state index contributed by atoms with van der Waals surface area (Å²) in [6.45, 7) is 5.02. The predicted octanol–water partition coefficient (Wildman–Crippen LogP) is 4.39. The minimum Gasteiger partial charge on any atom is -0.394 e. The maximum atomic E-state index is 10.3. The van der Waals surface area contributed by atoms with Crippen molar-refractivity contribution in [2.45, 2.75) is 84.2 Å². The fraction of sp³-hybridized carbons (Fsp3) is 1.00. The first-order valence-electron chi connectivity index (χ1n) is 10.3. The van der Waals surface area contributed by atoms with Gasteiger partial charge in [0.1, 0.15) is 0 Å². The molecule has 2 N–H and O–H groups in total. The van der Waals surface area contributed by atoms with Gasteiger partial charge in [-0.25, -0.2) is 0 Å². The summed E-state index contributed by atoms with van der Waals surface area (Å²) in [5, 5.41) is 19.8. The molecule has 0 heterocycles. The summed E-state index contributed by atoms with van der Waals surface area (Å²) in [5.41, 5.74) is 0.886. The van der Waals surface area contributed by atoms with Crippen LogP contribution in [0, 0.1) is 40.4 Å². The Morgan fingerprint density at radius 1 is 0.870 bits per heavy atom. The van der Waals surface area contributed by atoms with E-state index >= 15 is 0 Å². The summed E-state index contributed by atoms with van der Waals surface area (Å²) in [6.07, 6.45) is 13.3. The molecule has 0 radical (unpaired) electrons. The summed E-state index contributed by atoms with van der Waals surface area (Å²) in [7, 11) is 0. The Morgan fingerprint density at radius 3 is 2.43 bits per heavy atom. The highest BCUT2D eigenvalue weighted by Crippen LogP contribution is 2.67. The third kappa shape index (κ3) is 2.27. The smallest absolute Gasteiger partial charge is 0.0804 e. The van der Waals surface area contributed by atoms with Gasteiger partial charge >= 0.3 is 0 Å². The third-order valence-electron chi connectivity index (χ3n) is 9.31. The molecule has 8 atom stereocenters. The van der Waals surface area contributed by atoms with Crippen LogP contribution in [0.3, 0.4) is 0 Å². The third-order valence-corrected chi connectivity index (χ3v) is 9.31. The molecule has 23 heavy (non-hydrogen) atoms. The zero-order valence-electron chi connectivity index (χ0n) is 15.1. The molecule has 0 unspecified atom stereocenters. The molecule has 0 spiro atoms. The van der Waals surface area contributed by atoms with E-state index < -0.39 is 6.10 Å². The van der Waals surface area contributed by atoms with E-state index in [-0.39, 0.29) is 12.0 Å². The molecule has 2 heteroatoms. The average molecular weight is 321 g/mol. The lowest BCUT2D eigenvalue weighted by Gasteiger charge is -2.60. The molecule has 4 aliphatic rings. The van der Waals surface area contributed by atoms with Crippen LogP contribution in [0.25, 0.3) is 0 Å². The molecular formula is C21H36O2. The van der Waals surface area contributed by atoms with Gasteiger partial charge in [-0.05, 0) is 91.8 Å². The molecule has 4 aliphatic carbocycles. The second-order valence-electron chi connectivity index (χ2n) is 9.88. The van der Waals surface area contributed by atoms with Gasteiger partial charge < -0.3 is 10.2 Å². The Hall–Kier alpha value is -0.0800. The fourth-order valence-corrected chi connectivity index (χ4v) is 8.10. The van der Waals surface area contributed by atoms with Crippen LogP contribution in [0.2, 0.25) is 0 Å². The highest BCUT2D eigenvalue weighted by molar-refractivity contribution is 5.09. The average Bonchev–Trinajstić information content (AvgIpc) is 2.91. The number of hydrogen-bond acceptors (Lipinski definition) is 2. The van der Waals surface area contributed by atoms with Crippen LogP contribution < -0.4 is 0 Å². The molecule has 132 valence electrons. The zero-order valence-corrected chi connectivity index (χ0v) is 15.1. The van der Waals surface area contributed by atoms with Crippen molar-refractivity contribution in [3.8, 4) is 0 Å². The molecular weight excluding hydrogens is 284 g/mol. The maximum Gasteiger partial charge on any atom is 0.0804 e. The Balaban J connectivity index is 1.60. The Bertz CT molecular complexity index is 449. The SMILES string of the molecule is C[C@]12CC[C@@H]3[C@H](CC[C@H]4CCCC[C@@]43C)[C@@H]1CC[C@H]2[C@@H](O)CO. The van der Waals surface area contributed by atoms with E-state index in [2.05, 4.69) is 13.8 Å². The Morgan fingerprint density at radius 2 is 1.65 bits per heavy atom. The van der Waals surface area contributed by atoms with Crippen molar-refractivity contribution in [2.24, 2.45) is 40.4 Å². The first-order valence-corrected chi connectivity index (χ1v) is 10.3. The Labute approximate surface area is 142 Å². The molecule has 0 aromatic rings. The van der Waals surface area contributed by atoms with Crippen LogP contribution >= 0.6 is 0 Å². The van der Waals surface area contributed by atoms with Crippen molar-refractivity contribution in [2.75, 3.05) is 6.61 Å². The van der Waals surface area contributed by atoms with Crippen LogP contribution in [-0.2, 0) is 0 Å². The molecule has 4 rings (SSSR count). The quantitative estimate of drug-likeness (QED) is 0.792. The van der Waals surface area contributed by atoms with Gasteiger partial charge in [-0.2, -0.15) is 0 Å². The van der Waals surface area contributed by atoms with Crippen molar-refractivity contribution in [3.63, 3.8) is 0 Å². The molecule has 4 saturated carbocycles. The van der Waals surface area contributed by atoms with Gasteiger partial charge in [0.25, 0.3) is 0 Å². The maximum absolute atomic E-state index is 10.3. The molecule has 0 aromatic heterocycles. The van der Waals surface area contributed by atoms with E-state index in [4.69, 9.17) is 0 Å². The fourth-order valence-electron chi connectivity index (χ4n) is 8.10. The van der Waals surface area contributed by atoms with Crippen molar-refractivity contribution < 1.29 is 10.2 Å². The van der Waals surface area contributed by atoms with Crippen molar-refractivity contribution in [1.29, 1.82) is 0 Å². The van der Waals surface area contributed by atoms with E-state index in [1.807, 2.05) is 0 Å². The zero-order chi connectivity index (χ0) is 16.2. The van der Waals surface area contributed by atoms with E-state index in [0.717, 1.165) is 30.1 Å². The monoisotopic (exact) mass is 320 g/mol. The predicted molar refractivity (Wildman–Crippen MR) is 92.9 cm³/mol.